The van der Waals surface area contributed by atoms with E-state index in [1.807, 2.05) is 73.7 Å². The first-order valence-electron chi connectivity index (χ1n) is 7.52. The summed E-state index contributed by atoms with van der Waals surface area (Å²) in [5.74, 6) is 0.342. The second-order valence-corrected chi connectivity index (χ2v) is 5.22. The molecule has 1 aliphatic heterocycles. The summed E-state index contributed by atoms with van der Waals surface area (Å²) in [5.41, 5.74) is 1.97. The molecule has 0 N–H and O–H groups in total. The number of rotatable bonds is 3. The highest BCUT2D eigenvalue weighted by atomic mass is 16.5. The van der Waals surface area contributed by atoms with Crippen molar-refractivity contribution in [3.8, 4) is 6.07 Å². The molecule has 0 amide bonds. The van der Waals surface area contributed by atoms with Gasteiger partial charge in [0.1, 0.15) is 0 Å². The van der Waals surface area contributed by atoms with Crippen LogP contribution in [0.15, 0.2) is 66.4 Å². The van der Waals surface area contributed by atoms with Crippen LogP contribution in [0.5, 0.6) is 0 Å². The second kappa shape index (κ2) is 6.37. The summed E-state index contributed by atoms with van der Waals surface area (Å²) >= 11 is 0. The Balaban J connectivity index is 2.20. The molecule has 114 valence electrons. The molecule has 2 aromatic carbocycles. The molecule has 3 rings (SSSR count). The summed E-state index contributed by atoms with van der Waals surface area (Å²) in [6.45, 7) is 1.96. The van der Waals surface area contributed by atoms with Crippen LogP contribution >= 0.6 is 0 Å². The van der Waals surface area contributed by atoms with Crippen molar-refractivity contribution in [3.63, 3.8) is 0 Å². The molecule has 1 unspecified atom stereocenters. The molecule has 2 aromatic rings. The van der Waals surface area contributed by atoms with E-state index in [9.17, 15) is 10.5 Å². The van der Waals surface area contributed by atoms with Crippen LogP contribution in [-0.4, -0.2) is 16.6 Å². The molecule has 4 nitrogen and oxygen atoms in total. The van der Waals surface area contributed by atoms with Crippen LogP contribution in [-0.2, 0) is 4.74 Å². The molecule has 0 aromatic heterocycles. The third-order valence-electron chi connectivity index (χ3n) is 3.78. The van der Waals surface area contributed by atoms with Gasteiger partial charge in [0.15, 0.2) is 12.2 Å². The van der Waals surface area contributed by atoms with Gasteiger partial charge in [-0.25, -0.2) is 0 Å². The summed E-state index contributed by atoms with van der Waals surface area (Å²) in [7, 11) is 0. The normalized spacial score (nSPS) is 17.7. The van der Waals surface area contributed by atoms with Gasteiger partial charge in [-0.05, 0) is 18.6 Å². The highest BCUT2D eigenvalue weighted by Crippen LogP contribution is 2.29. The fourth-order valence-electron chi connectivity index (χ4n) is 2.68. The zero-order chi connectivity index (χ0) is 16.2. The first-order chi connectivity index (χ1) is 11.3. The lowest BCUT2D eigenvalue weighted by atomic mass is 10.0. The maximum absolute atomic E-state index is 12.8. The Morgan fingerprint density at radius 3 is 2.13 bits per heavy atom. The van der Waals surface area contributed by atoms with Gasteiger partial charge >= 0.3 is 5.70 Å². The van der Waals surface area contributed by atoms with E-state index in [1.54, 1.807) is 0 Å². The molecule has 1 atom stereocenters. The van der Waals surface area contributed by atoms with E-state index in [0.717, 1.165) is 15.9 Å². The van der Waals surface area contributed by atoms with Gasteiger partial charge in [-0.3, -0.25) is 0 Å². The van der Waals surface area contributed by atoms with Crippen LogP contribution in [0.4, 0.5) is 0 Å². The molecule has 0 bridgehead atoms. The molecule has 0 aliphatic carbocycles. The fraction of sp³-hybridized carbons (Fsp3) is 0.158. The standard InChI is InChI=1S/C19H16N2O2/c1-2-17-18(14-9-5-3-6-10-14)21(22)16(13-20)19(23-17)15-11-7-4-8-12-15/h3-12,17H,2H2,1H3. The molecular weight excluding hydrogens is 288 g/mol. The number of benzene rings is 2. The molecule has 0 fully saturated rings. The number of ether oxygens (including phenoxy) is 1. The van der Waals surface area contributed by atoms with Crippen molar-refractivity contribution < 1.29 is 9.48 Å². The van der Waals surface area contributed by atoms with Gasteiger partial charge in [0, 0.05) is 11.1 Å². The number of allylic oxidation sites excluding steroid dienone is 1. The van der Waals surface area contributed by atoms with E-state index in [2.05, 4.69) is 0 Å². The van der Waals surface area contributed by atoms with Gasteiger partial charge in [-0.1, -0.05) is 55.5 Å². The molecule has 23 heavy (non-hydrogen) atoms. The zero-order valence-corrected chi connectivity index (χ0v) is 12.8. The molecule has 0 saturated heterocycles. The minimum atomic E-state index is -0.387. The van der Waals surface area contributed by atoms with Gasteiger partial charge in [0.05, 0.1) is 0 Å². The number of nitrogens with zero attached hydrogens (tertiary/aromatic N) is 2. The molecule has 0 radical (unpaired) electrons. The monoisotopic (exact) mass is 304 g/mol. The van der Waals surface area contributed by atoms with Gasteiger partial charge in [-0.15, -0.1) is 0 Å². The minimum absolute atomic E-state index is 0.0141. The first-order valence-corrected chi connectivity index (χ1v) is 7.52. The van der Waals surface area contributed by atoms with E-state index in [0.29, 0.717) is 17.9 Å². The fourth-order valence-corrected chi connectivity index (χ4v) is 2.68. The van der Waals surface area contributed by atoms with Gasteiger partial charge in [0.2, 0.25) is 11.5 Å². The van der Waals surface area contributed by atoms with E-state index < -0.39 is 0 Å². The topological polar surface area (TPSA) is 59.1 Å². The average molecular weight is 304 g/mol. The Bertz CT molecular complexity index is 802. The Hall–Kier alpha value is -3.06. The Morgan fingerprint density at radius 2 is 1.61 bits per heavy atom. The molecule has 0 saturated carbocycles. The second-order valence-electron chi connectivity index (χ2n) is 5.22. The lowest BCUT2D eigenvalue weighted by molar-refractivity contribution is -0.402. The van der Waals surface area contributed by atoms with Gasteiger partial charge < -0.3 is 9.94 Å². The SMILES string of the molecule is CCC1OC(c2ccccc2)=C(C#N)[N+]([O-])=C1c1ccccc1. The molecule has 0 spiro atoms. The van der Waals surface area contributed by atoms with Crippen molar-refractivity contribution in [2.75, 3.05) is 0 Å². The molecule has 1 heterocycles. The smallest absolute Gasteiger partial charge is 0.338 e. The van der Waals surface area contributed by atoms with Crippen molar-refractivity contribution >= 4 is 11.5 Å². The molecule has 1 aliphatic rings. The van der Waals surface area contributed by atoms with Crippen LogP contribution in [0.3, 0.4) is 0 Å². The summed E-state index contributed by atoms with van der Waals surface area (Å²) < 4.78 is 6.76. The minimum Gasteiger partial charge on any atom is -0.617 e. The summed E-state index contributed by atoms with van der Waals surface area (Å²) in [4.78, 5) is 0. The van der Waals surface area contributed by atoms with Crippen LogP contribution in [0.25, 0.3) is 5.76 Å². The van der Waals surface area contributed by atoms with Crippen LogP contribution in [0.2, 0.25) is 0 Å². The maximum atomic E-state index is 12.8. The quantitative estimate of drug-likeness (QED) is 0.642. The lowest BCUT2D eigenvalue weighted by Crippen LogP contribution is -2.35. The zero-order valence-electron chi connectivity index (χ0n) is 12.8. The Morgan fingerprint density at radius 1 is 1.04 bits per heavy atom. The van der Waals surface area contributed by atoms with Crippen LogP contribution in [0.1, 0.15) is 24.5 Å². The summed E-state index contributed by atoms with van der Waals surface area (Å²) in [6, 6.07) is 20.6. The third-order valence-corrected chi connectivity index (χ3v) is 3.78. The maximum Gasteiger partial charge on any atom is 0.338 e. The lowest BCUT2D eigenvalue weighted by Gasteiger charge is -2.26. The van der Waals surface area contributed by atoms with Gasteiger partial charge in [0.25, 0.3) is 0 Å². The average Bonchev–Trinajstić information content (AvgIpc) is 2.62. The van der Waals surface area contributed by atoms with Crippen molar-refractivity contribution in [2.45, 2.75) is 19.4 Å². The van der Waals surface area contributed by atoms with Crippen molar-refractivity contribution in [1.29, 1.82) is 5.26 Å². The van der Waals surface area contributed by atoms with E-state index in [1.165, 1.54) is 0 Å². The summed E-state index contributed by atoms with van der Waals surface area (Å²) in [5, 5.41) is 22.3. The van der Waals surface area contributed by atoms with Crippen molar-refractivity contribution in [1.82, 2.24) is 0 Å². The number of hydrogen-bond donors (Lipinski definition) is 0. The largest absolute Gasteiger partial charge is 0.617 e. The van der Waals surface area contributed by atoms with Crippen LogP contribution in [0, 0.1) is 16.5 Å². The predicted octanol–water partition coefficient (Wildman–Crippen LogP) is 3.69. The van der Waals surface area contributed by atoms with E-state index in [-0.39, 0.29) is 11.8 Å². The van der Waals surface area contributed by atoms with Crippen LogP contribution < -0.4 is 0 Å². The first kappa shape index (κ1) is 14.9. The third kappa shape index (κ3) is 2.69. The Labute approximate surface area is 135 Å². The summed E-state index contributed by atoms with van der Waals surface area (Å²) in [6.07, 6.45) is 0.250. The van der Waals surface area contributed by atoms with E-state index >= 15 is 0 Å². The van der Waals surface area contributed by atoms with Gasteiger partial charge in [-0.2, -0.15) is 10.0 Å². The predicted molar refractivity (Wildman–Crippen MR) is 88.3 cm³/mol. The highest BCUT2D eigenvalue weighted by molar-refractivity contribution is 6.02. The highest BCUT2D eigenvalue weighted by Gasteiger charge is 2.36. The van der Waals surface area contributed by atoms with Crippen molar-refractivity contribution in [3.05, 3.63) is 82.7 Å². The number of hydroxylamine groups is 1. The Kier molecular flexibility index (Phi) is 4.11. The molecular formula is C19H16N2O2. The number of hydrogen-bond acceptors (Lipinski definition) is 3. The van der Waals surface area contributed by atoms with Crippen molar-refractivity contribution in [2.24, 2.45) is 0 Å². The number of nitriles is 1. The molecule has 4 heteroatoms. The van der Waals surface area contributed by atoms with E-state index in [4.69, 9.17) is 4.74 Å².